The number of carbonyl (C=O) groups excluding carboxylic acids is 1. The molecule has 7 nitrogen and oxygen atoms in total. The fourth-order valence-corrected chi connectivity index (χ4v) is 2.09. The second-order valence-corrected chi connectivity index (χ2v) is 4.82. The number of ether oxygens (including phenoxy) is 1. The highest BCUT2D eigenvalue weighted by Gasteiger charge is 2.20. The van der Waals surface area contributed by atoms with Gasteiger partial charge in [-0.2, -0.15) is 4.98 Å². The third-order valence-corrected chi connectivity index (χ3v) is 3.22. The number of benzene rings is 1. The molecule has 0 aliphatic carbocycles. The van der Waals surface area contributed by atoms with Crippen LogP contribution in [0.5, 0.6) is 5.75 Å². The molecule has 0 spiro atoms. The summed E-state index contributed by atoms with van der Waals surface area (Å²) in [6.07, 6.45) is 0. The SMILES string of the molecule is O=C1CNCCN1Cc1nc(COc2ccccc2F)no1. The van der Waals surface area contributed by atoms with E-state index in [2.05, 4.69) is 15.5 Å². The number of nitrogens with zero attached hydrogens (tertiary/aromatic N) is 3. The molecule has 22 heavy (non-hydrogen) atoms. The predicted octanol–water partition coefficient (Wildman–Crippen LogP) is 0.719. The Balaban J connectivity index is 1.57. The zero-order valence-corrected chi connectivity index (χ0v) is 11.8. The van der Waals surface area contributed by atoms with Crippen molar-refractivity contribution < 1.29 is 18.4 Å². The molecule has 1 aromatic carbocycles. The first kappa shape index (κ1) is 14.5. The van der Waals surface area contributed by atoms with E-state index in [1.165, 1.54) is 12.1 Å². The van der Waals surface area contributed by atoms with Gasteiger partial charge in [0.15, 0.2) is 18.2 Å². The Morgan fingerprint density at radius 2 is 2.27 bits per heavy atom. The molecular formula is C14H15FN4O3. The fraction of sp³-hybridized carbons (Fsp3) is 0.357. The maximum absolute atomic E-state index is 13.4. The summed E-state index contributed by atoms with van der Waals surface area (Å²) in [6, 6.07) is 6.10. The maximum Gasteiger partial charge on any atom is 0.246 e. The molecule has 2 heterocycles. The third-order valence-electron chi connectivity index (χ3n) is 3.22. The molecule has 1 N–H and O–H groups in total. The van der Waals surface area contributed by atoms with E-state index in [9.17, 15) is 9.18 Å². The highest BCUT2D eigenvalue weighted by molar-refractivity contribution is 5.78. The van der Waals surface area contributed by atoms with Crippen LogP contribution in [0.25, 0.3) is 0 Å². The van der Waals surface area contributed by atoms with E-state index >= 15 is 0 Å². The van der Waals surface area contributed by atoms with E-state index in [0.29, 0.717) is 24.8 Å². The van der Waals surface area contributed by atoms with Gasteiger partial charge in [-0.25, -0.2) is 4.39 Å². The maximum atomic E-state index is 13.4. The zero-order chi connectivity index (χ0) is 15.4. The summed E-state index contributed by atoms with van der Waals surface area (Å²) in [5, 5.41) is 6.75. The zero-order valence-electron chi connectivity index (χ0n) is 11.8. The number of nitrogens with one attached hydrogen (secondary N) is 1. The van der Waals surface area contributed by atoms with E-state index < -0.39 is 5.82 Å². The van der Waals surface area contributed by atoms with Crippen molar-refractivity contribution in [1.29, 1.82) is 0 Å². The van der Waals surface area contributed by atoms with Gasteiger partial charge in [0, 0.05) is 13.1 Å². The highest BCUT2D eigenvalue weighted by Crippen LogP contribution is 2.16. The van der Waals surface area contributed by atoms with E-state index in [-0.39, 0.29) is 24.8 Å². The number of aromatic nitrogens is 2. The quantitative estimate of drug-likeness (QED) is 0.877. The van der Waals surface area contributed by atoms with Crippen LogP contribution in [0.2, 0.25) is 0 Å². The number of rotatable bonds is 5. The summed E-state index contributed by atoms with van der Waals surface area (Å²) < 4.78 is 23.8. The number of amides is 1. The number of piperazine rings is 1. The van der Waals surface area contributed by atoms with Crippen molar-refractivity contribution in [1.82, 2.24) is 20.4 Å². The van der Waals surface area contributed by atoms with Gasteiger partial charge in [0.25, 0.3) is 0 Å². The lowest BCUT2D eigenvalue weighted by Gasteiger charge is -2.25. The lowest BCUT2D eigenvalue weighted by atomic mass is 10.3. The van der Waals surface area contributed by atoms with Gasteiger partial charge in [0.05, 0.1) is 6.54 Å². The van der Waals surface area contributed by atoms with Gasteiger partial charge in [-0.3, -0.25) is 4.79 Å². The summed E-state index contributed by atoms with van der Waals surface area (Å²) >= 11 is 0. The molecular weight excluding hydrogens is 291 g/mol. The van der Waals surface area contributed by atoms with Gasteiger partial charge >= 0.3 is 0 Å². The van der Waals surface area contributed by atoms with Crippen molar-refractivity contribution in [2.45, 2.75) is 13.2 Å². The molecule has 8 heteroatoms. The molecule has 1 saturated heterocycles. The van der Waals surface area contributed by atoms with Crippen molar-refractivity contribution in [2.75, 3.05) is 19.6 Å². The molecule has 0 saturated carbocycles. The molecule has 1 aliphatic rings. The van der Waals surface area contributed by atoms with Gasteiger partial charge in [0.2, 0.25) is 17.6 Å². The molecule has 1 aliphatic heterocycles. The minimum absolute atomic E-state index is 0.0000642. The van der Waals surface area contributed by atoms with Crippen LogP contribution in [0, 0.1) is 5.82 Å². The predicted molar refractivity (Wildman–Crippen MR) is 73.3 cm³/mol. The van der Waals surface area contributed by atoms with Crippen molar-refractivity contribution >= 4 is 5.91 Å². The van der Waals surface area contributed by atoms with E-state index in [4.69, 9.17) is 9.26 Å². The Hall–Kier alpha value is -2.48. The standard InChI is InChI=1S/C14H15FN4O3/c15-10-3-1-2-4-11(10)21-9-12-17-13(22-18-12)8-19-6-5-16-7-14(19)20/h1-4,16H,5-9H2. The molecule has 0 unspecified atom stereocenters. The topological polar surface area (TPSA) is 80.5 Å². The second kappa shape index (κ2) is 6.52. The van der Waals surface area contributed by atoms with Crippen molar-refractivity contribution in [2.24, 2.45) is 0 Å². The average Bonchev–Trinajstić information content (AvgIpc) is 2.96. The van der Waals surface area contributed by atoms with Crippen LogP contribution < -0.4 is 10.1 Å². The first-order valence-corrected chi connectivity index (χ1v) is 6.89. The number of para-hydroxylation sites is 1. The Morgan fingerprint density at radius 1 is 1.41 bits per heavy atom. The molecule has 1 fully saturated rings. The molecule has 0 atom stereocenters. The molecule has 0 bridgehead atoms. The Bertz CT molecular complexity index is 661. The third kappa shape index (κ3) is 3.40. The smallest absolute Gasteiger partial charge is 0.246 e. The number of hydrogen-bond donors (Lipinski definition) is 1. The second-order valence-electron chi connectivity index (χ2n) is 4.82. The summed E-state index contributed by atoms with van der Waals surface area (Å²) in [5.74, 6) is 0.320. The van der Waals surface area contributed by atoms with Crippen LogP contribution in [0.1, 0.15) is 11.7 Å². The lowest BCUT2D eigenvalue weighted by molar-refractivity contribution is -0.132. The molecule has 1 amide bonds. The van der Waals surface area contributed by atoms with Crippen LogP contribution in [-0.4, -0.2) is 40.6 Å². The van der Waals surface area contributed by atoms with Crippen molar-refractivity contribution in [3.05, 3.63) is 41.8 Å². The Morgan fingerprint density at radius 3 is 3.09 bits per heavy atom. The van der Waals surface area contributed by atoms with Crippen LogP contribution in [0.15, 0.2) is 28.8 Å². The largest absolute Gasteiger partial charge is 0.482 e. The average molecular weight is 306 g/mol. The van der Waals surface area contributed by atoms with Crippen LogP contribution in [-0.2, 0) is 17.9 Å². The summed E-state index contributed by atoms with van der Waals surface area (Å²) in [4.78, 5) is 17.4. The van der Waals surface area contributed by atoms with Gasteiger partial charge < -0.3 is 19.5 Å². The molecule has 3 rings (SSSR count). The van der Waals surface area contributed by atoms with Gasteiger partial charge in [0.1, 0.15) is 6.54 Å². The number of halogens is 1. The van der Waals surface area contributed by atoms with Gasteiger partial charge in [-0.15, -0.1) is 0 Å². The van der Waals surface area contributed by atoms with E-state index in [0.717, 1.165) is 6.54 Å². The minimum atomic E-state index is -0.447. The van der Waals surface area contributed by atoms with Crippen molar-refractivity contribution in [3.63, 3.8) is 0 Å². The number of carbonyl (C=O) groups is 1. The summed E-state index contributed by atoms with van der Waals surface area (Å²) in [6.45, 7) is 1.93. The molecule has 1 aromatic heterocycles. The van der Waals surface area contributed by atoms with Gasteiger partial charge in [-0.1, -0.05) is 17.3 Å². The Labute approximate surface area is 126 Å². The molecule has 116 valence electrons. The molecule has 0 radical (unpaired) electrons. The fourth-order valence-electron chi connectivity index (χ4n) is 2.09. The molecule has 2 aromatic rings. The van der Waals surface area contributed by atoms with Gasteiger partial charge in [-0.05, 0) is 12.1 Å². The first-order chi connectivity index (χ1) is 10.7. The van der Waals surface area contributed by atoms with Crippen molar-refractivity contribution in [3.8, 4) is 5.75 Å². The number of hydrogen-bond acceptors (Lipinski definition) is 6. The van der Waals surface area contributed by atoms with Crippen LogP contribution >= 0.6 is 0 Å². The minimum Gasteiger partial charge on any atom is -0.482 e. The lowest BCUT2D eigenvalue weighted by Crippen LogP contribution is -2.47. The monoisotopic (exact) mass is 306 g/mol. The van der Waals surface area contributed by atoms with Crippen LogP contribution in [0.4, 0.5) is 4.39 Å². The Kier molecular flexibility index (Phi) is 4.29. The van der Waals surface area contributed by atoms with E-state index in [1.54, 1.807) is 17.0 Å². The highest BCUT2D eigenvalue weighted by atomic mass is 19.1. The normalized spacial score (nSPS) is 15.1. The van der Waals surface area contributed by atoms with E-state index in [1.807, 2.05) is 0 Å². The first-order valence-electron chi connectivity index (χ1n) is 6.89. The summed E-state index contributed by atoms with van der Waals surface area (Å²) in [7, 11) is 0. The summed E-state index contributed by atoms with van der Waals surface area (Å²) in [5.41, 5.74) is 0. The van der Waals surface area contributed by atoms with Crippen LogP contribution in [0.3, 0.4) is 0 Å².